The predicted octanol–water partition coefficient (Wildman–Crippen LogP) is 7.16. The fourth-order valence-electron chi connectivity index (χ4n) is 3.45. The van der Waals surface area contributed by atoms with Gasteiger partial charge in [0.2, 0.25) is 0 Å². The summed E-state index contributed by atoms with van der Waals surface area (Å²) in [7, 11) is 0. The van der Waals surface area contributed by atoms with Gasteiger partial charge in [-0.2, -0.15) is 9.78 Å². The van der Waals surface area contributed by atoms with Crippen molar-refractivity contribution in [2.45, 2.75) is 27.4 Å². The summed E-state index contributed by atoms with van der Waals surface area (Å²) in [5, 5.41) is 4.93. The van der Waals surface area contributed by atoms with Gasteiger partial charge in [-0.25, -0.2) is 4.98 Å². The molecule has 3 aromatic carbocycles. The zero-order valence-corrected chi connectivity index (χ0v) is 24.1. The summed E-state index contributed by atoms with van der Waals surface area (Å²) < 4.78 is 15.5. The minimum atomic E-state index is -0.247. The van der Waals surface area contributed by atoms with Gasteiger partial charge in [-0.3, -0.25) is 4.79 Å². The van der Waals surface area contributed by atoms with Crippen molar-refractivity contribution in [1.82, 2.24) is 9.66 Å². The molecule has 0 N–H and O–H groups in total. The molecule has 4 rings (SSSR count). The Morgan fingerprint density at radius 1 is 1.00 bits per heavy atom. The topological polar surface area (TPSA) is 65.7 Å². The molecule has 0 amide bonds. The van der Waals surface area contributed by atoms with E-state index in [0.29, 0.717) is 51.5 Å². The SMILES string of the molecule is CCOc1cc(C=Nn2c(C)nc3ccc(Br)cc3c2=O)c(Br)c(Br)c1OCc1ccc(C)cc1. The lowest BCUT2D eigenvalue weighted by molar-refractivity contribution is 0.267. The van der Waals surface area contributed by atoms with Gasteiger partial charge in [0, 0.05) is 14.5 Å². The summed E-state index contributed by atoms with van der Waals surface area (Å²) in [5.74, 6) is 1.64. The van der Waals surface area contributed by atoms with E-state index < -0.39 is 0 Å². The lowest BCUT2D eigenvalue weighted by atomic mass is 10.1. The molecule has 0 spiro atoms. The van der Waals surface area contributed by atoms with E-state index in [2.05, 4.69) is 70.0 Å². The van der Waals surface area contributed by atoms with Crippen LogP contribution >= 0.6 is 47.8 Å². The molecule has 0 atom stereocenters. The van der Waals surface area contributed by atoms with E-state index in [1.807, 2.05) is 38.1 Å². The second-order valence-corrected chi connectivity index (χ2v) is 10.3. The molecular weight excluding hydrogens is 642 g/mol. The first-order chi connectivity index (χ1) is 16.8. The summed E-state index contributed by atoms with van der Waals surface area (Å²) >= 11 is 10.7. The molecule has 180 valence electrons. The van der Waals surface area contributed by atoms with Crippen molar-refractivity contribution in [1.29, 1.82) is 0 Å². The lowest BCUT2D eigenvalue weighted by Crippen LogP contribution is -2.20. The highest BCUT2D eigenvalue weighted by atomic mass is 79.9. The predicted molar refractivity (Wildman–Crippen MR) is 150 cm³/mol. The summed E-state index contributed by atoms with van der Waals surface area (Å²) in [5.41, 5.74) is 3.34. The molecule has 9 heteroatoms. The largest absolute Gasteiger partial charge is 0.490 e. The highest BCUT2D eigenvalue weighted by Gasteiger charge is 2.17. The number of nitrogens with zero attached hydrogens (tertiary/aromatic N) is 3. The van der Waals surface area contributed by atoms with Crippen LogP contribution in [0.15, 0.2) is 71.8 Å². The van der Waals surface area contributed by atoms with Crippen LogP contribution in [-0.4, -0.2) is 22.5 Å². The standard InChI is InChI=1S/C26H22Br3N3O3/c1-4-34-22-11-18(23(28)24(29)25(22)35-14-17-7-5-15(2)6-8-17)13-30-32-16(3)31-21-10-9-19(27)12-20(21)26(32)33/h5-13H,4,14H2,1-3H3. The van der Waals surface area contributed by atoms with Crippen molar-refractivity contribution in [2.24, 2.45) is 5.10 Å². The summed E-state index contributed by atoms with van der Waals surface area (Å²) in [6.45, 7) is 6.57. The van der Waals surface area contributed by atoms with Gasteiger partial charge in [0.05, 0.1) is 28.2 Å². The van der Waals surface area contributed by atoms with Crippen molar-refractivity contribution in [3.05, 3.63) is 94.8 Å². The Kier molecular flexibility index (Phi) is 8.09. The second-order valence-electron chi connectivity index (χ2n) is 7.81. The van der Waals surface area contributed by atoms with Crippen LogP contribution in [0.4, 0.5) is 0 Å². The van der Waals surface area contributed by atoms with Crippen LogP contribution in [0.2, 0.25) is 0 Å². The fourth-order valence-corrected chi connectivity index (χ4v) is 4.75. The third kappa shape index (κ3) is 5.68. The monoisotopic (exact) mass is 661 g/mol. The fraction of sp³-hybridized carbons (Fsp3) is 0.192. The maximum Gasteiger partial charge on any atom is 0.282 e. The van der Waals surface area contributed by atoms with Crippen LogP contribution in [0.3, 0.4) is 0 Å². The van der Waals surface area contributed by atoms with E-state index in [0.717, 1.165) is 14.5 Å². The minimum Gasteiger partial charge on any atom is -0.490 e. The summed E-state index contributed by atoms with van der Waals surface area (Å²) in [6.07, 6.45) is 1.60. The number of benzene rings is 3. The first kappa shape index (κ1) is 25.6. The number of aromatic nitrogens is 2. The van der Waals surface area contributed by atoms with Gasteiger partial charge in [0.15, 0.2) is 11.5 Å². The van der Waals surface area contributed by atoms with Crippen LogP contribution in [0.25, 0.3) is 10.9 Å². The van der Waals surface area contributed by atoms with Gasteiger partial charge >= 0.3 is 0 Å². The van der Waals surface area contributed by atoms with E-state index in [4.69, 9.17) is 9.47 Å². The molecule has 0 aliphatic rings. The highest BCUT2D eigenvalue weighted by molar-refractivity contribution is 9.13. The van der Waals surface area contributed by atoms with Crippen molar-refractivity contribution in [3.63, 3.8) is 0 Å². The maximum absolute atomic E-state index is 13.1. The van der Waals surface area contributed by atoms with Crippen LogP contribution in [-0.2, 0) is 6.61 Å². The second kappa shape index (κ2) is 11.1. The third-order valence-corrected chi connectivity index (χ3v) is 7.88. The summed E-state index contributed by atoms with van der Waals surface area (Å²) in [6, 6.07) is 15.4. The Hall–Kier alpha value is -2.49. The smallest absolute Gasteiger partial charge is 0.282 e. The number of halogens is 3. The Morgan fingerprint density at radius 3 is 2.46 bits per heavy atom. The molecule has 1 aromatic heterocycles. The van der Waals surface area contributed by atoms with Crippen LogP contribution in [0.1, 0.15) is 29.4 Å². The summed E-state index contributed by atoms with van der Waals surface area (Å²) in [4.78, 5) is 17.6. The zero-order chi connectivity index (χ0) is 25.1. The van der Waals surface area contributed by atoms with Gasteiger partial charge < -0.3 is 9.47 Å². The molecule has 0 fully saturated rings. The Labute approximate surface area is 228 Å². The van der Waals surface area contributed by atoms with Crippen molar-refractivity contribution in [3.8, 4) is 11.5 Å². The molecule has 4 aromatic rings. The van der Waals surface area contributed by atoms with E-state index in [9.17, 15) is 4.79 Å². The number of aryl methyl sites for hydroxylation is 2. The Balaban J connectivity index is 1.70. The molecule has 35 heavy (non-hydrogen) atoms. The molecule has 6 nitrogen and oxygen atoms in total. The van der Waals surface area contributed by atoms with Crippen molar-refractivity contribution in [2.75, 3.05) is 6.61 Å². The van der Waals surface area contributed by atoms with Gasteiger partial charge in [0.1, 0.15) is 12.4 Å². The highest BCUT2D eigenvalue weighted by Crippen LogP contribution is 2.43. The van der Waals surface area contributed by atoms with Gasteiger partial charge in [-0.15, -0.1) is 0 Å². The molecule has 1 heterocycles. The molecule has 0 radical (unpaired) electrons. The van der Waals surface area contributed by atoms with Gasteiger partial charge in [0.25, 0.3) is 5.56 Å². The Bertz CT molecular complexity index is 1480. The van der Waals surface area contributed by atoms with Crippen LogP contribution in [0, 0.1) is 13.8 Å². The molecule has 0 aliphatic carbocycles. The number of hydrogen-bond acceptors (Lipinski definition) is 5. The van der Waals surface area contributed by atoms with Crippen LogP contribution in [0.5, 0.6) is 11.5 Å². The van der Waals surface area contributed by atoms with E-state index in [1.54, 1.807) is 25.3 Å². The molecule has 0 aliphatic heterocycles. The van der Waals surface area contributed by atoms with E-state index >= 15 is 0 Å². The first-order valence-corrected chi connectivity index (χ1v) is 13.2. The zero-order valence-electron chi connectivity index (χ0n) is 19.3. The molecule has 0 saturated carbocycles. The van der Waals surface area contributed by atoms with Crippen molar-refractivity contribution >= 4 is 64.9 Å². The minimum absolute atomic E-state index is 0.247. The first-order valence-electron chi connectivity index (χ1n) is 10.8. The average molecular weight is 664 g/mol. The Morgan fingerprint density at radius 2 is 1.74 bits per heavy atom. The molecule has 0 unspecified atom stereocenters. The quantitative estimate of drug-likeness (QED) is 0.197. The number of fused-ring (bicyclic) bond motifs is 1. The maximum atomic E-state index is 13.1. The van der Waals surface area contributed by atoms with Gasteiger partial charge in [-0.05, 0) is 82.5 Å². The number of hydrogen-bond donors (Lipinski definition) is 0. The molecule has 0 bridgehead atoms. The van der Waals surface area contributed by atoms with Crippen molar-refractivity contribution < 1.29 is 9.47 Å². The average Bonchev–Trinajstić information content (AvgIpc) is 2.83. The molecule has 0 saturated heterocycles. The van der Waals surface area contributed by atoms with Gasteiger partial charge in [-0.1, -0.05) is 45.8 Å². The normalized spacial score (nSPS) is 11.4. The van der Waals surface area contributed by atoms with E-state index in [1.165, 1.54) is 10.2 Å². The number of rotatable bonds is 7. The lowest BCUT2D eigenvalue weighted by Gasteiger charge is -2.16. The van der Waals surface area contributed by atoms with Crippen LogP contribution < -0.4 is 15.0 Å². The number of ether oxygens (including phenoxy) is 2. The van der Waals surface area contributed by atoms with E-state index in [-0.39, 0.29) is 5.56 Å². The molecular formula is C26H22Br3N3O3. The third-order valence-electron chi connectivity index (χ3n) is 5.24.